The third kappa shape index (κ3) is 3.75. The predicted molar refractivity (Wildman–Crippen MR) is 115 cm³/mol. The Morgan fingerprint density at radius 3 is 2.77 bits per heavy atom. The number of aliphatic hydroxyl groups excluding tert-OH is 1. The fraction of sp³-hybridized carbons (Fsp3) is 0.478. The second-order valence-electron chi connectivity index (χ2n) is 8.14. The van der Waals surface area contributed by atoms with Crippen LogP contribution < -0.4 is 0 Å². The fourth-order valence-electron chi connectivity index (χ4n) is 4.52. The Balaban J connectivity index is 1.48. The van der Waals surface area contributed by atoms with Gasteiger partial charge in [-0.1, -0.05) is 0 Å². The Kier molecular flexibility index (Phi) is 5.92. The summed E-state index contributed by atoms with van der Waals surface area (Å²) >= 11 is 0. The summed E-state index contributed by atoms with van der Waals surface area (Å²) in [5.41, 5.74) is 4.27. The lowest BCUT2D eigenvalue weighted by molar-refractivity contribution is 0.0434. The van der Waals surface area contributed by atoms with Gasteiger partial charge in [0.15, 0.2) is 0 Å². The van der Waals surface area contributed by atoms with Crippen LogP contribution in [0.3, 0.4) is 0 Å². The number of piperidine rings is 1. The number of likely N-dealkylation sites (tertiary alicyclic amines) is 1. The molecule has 7 heteroatoms. The number of aryl methyl sites for hydroxylation is 1. The number of aliphatic hydroxyl groups is 1. The van der Waals surface area contributed by atoms with E-state index in [-0.39, 0.29) is 11.8 Å². The van der Waals surface area contributed by atoms with E-state index in [9.17, 15) is 9.90 Å². The molecule has 2 N–H and O–H groups in total. The number of ether oxygens (including phenoxy) is 1. The number of methoxy groups -OCH3 is 1. The summed E-state index contributed by atoms with van der Waals surface area (Å²) in [4.78, 5) is 22.2. The maximum Gasteiger partial charge on any atom is 0.253 e. The van der Waals surface area contributed by atoms with Crippen molar-refractivity contribution in [3.8, 4) is 0 Å². The van der Waals surface area contributed by atoms with Crippen LogP contribution in [0.1, 0.15) is 46.4 Å². The number of benzene rings is 1. The van der Waals surface area contributed by atoms with Crippen LogP contribution in [0.15, 0.2) is 30.6 Å². The van der Waals surface area contributed by atoms with Crippen LogP contribution in [-0.4, -0.2) is 57.3 Å². The zero-order valence-corrected chi connectivity index (χ0v) is 17.9. The van der Waals surface area contributed by atoms with Crippen molar-refractivity contribution in [2.24, 2.45) is 5.92 Å². The van der Waals surface area contributed by atoms with E-state index in [0.717, 1.165) is 35.9 Å². The van der Waals surface area contributed by atoms with Crippen molar-refractivity contribution >= 4 is 16.8 Å². The van der Waals surface area contributed by atoms with Crippen LogP contribution in [0.5, 0.6) is 0 Å². The number of fused-ring (bicyclic) bond motifs is 1. The monoisotopic (exact) mass is 410 g/mol. The van der Waals surface area contributed by atoms with Crippen molar-refractivity contribution in [2.45, 2.75) is 39.3 Å². The molecule has 2 aromatic heterocycles. The standard InChI is InChI=1S/C23H30N4O3/c1-15-16(2)27(12-13-30-3)20-5-4-18(14-19(15)20)23(29)26-10-6-17(7-11-26)21(28)22-24-8-9-25-22/h4-5,8-9,14,17,21,28H,6-7,10-13H2,1-3H3,(H,24,25)/t21-/m1/s1. The van der Waals surface area contributed by atoms with Crippen molar-refractivity contribution in [1.82, 2.24) is 19.4 Å². The fourth-order valence-corrected chi connectivity index (χ4v) is 4.52. The molecule has 1 atom stereocenters. The number of imidazole rings is 1. The lowest BCUT2D eigenvalue weighted by atomic mass is 9.90. The van der Waals surface area contributed by atoms with Crippen LogP contribution in [0.2, 0.25) is 0 Å². The molecule has 1 aliphatic rings. The Morgan fingerprint density at radius 2 is 2.10 bits per heavy atom. The number of hydrogen-bond acceptors (Lipinski definition) is 4. The Bertz CT molecular complexity index is 1020. The third-order valence-electron chi connectivity index (χ3n) is 6.48. The highest BCUT2D eigenvalue weighted by Gasteiger charge is 2.30. The van der Waals surface area contributed by atoms with Gasteiger partial charge in [0.05, 0.1) is 6.61 Å². The minimum atomic E-state index is -0.605. The van der Waals surface area contributed by atoms with Crippen molar-refractivity contribution in [2.75, 3.05) is 26.8 Å². The van der Waals surface area contributed by atoms with E-state index in [2.05, 4.69) is 28.4 Å². The molecule has 0 aliphatic carbocycles. The molecule has 160 valence electrons. The van der Waals surface area contributed by atoms with Crippen molar-refractivity contribution < 1.29 is 14.6 Å². The first-order valence-corrected chi connectivity index (χ1v) is 10.6. The molecule has 3 aromatic rings. The molecular formula is C23H30N4O3. The summed E-state index contributed by atoms with van der Waals surface area (Å²) in [6, 6.07) is 6.00. The smallest absolute Gasteiger partial charge is 0.253 e. The summed E-state index contributed by atoms with van der Waals surface area (Å²) < 4.78 is 7.50. The summed E-state index contributed by atoms with van der Waals surface area (Å²) in [7, 11) is 1.71. The molecule has 1 saturated heterocycles. The topological polar surface area (TPSA) is 83.4 Å². The highest BCUT2D eigenvalue weighted by molar-refractivity contribution is 5.99. The van der Waals surface area contributed by atoms with Gasteiger partial charge >= 0.3 is 0 Å². The predicted octanol–water partition coefficient (Wildman–Crippen LogP) is 3.21. The van der Waals surface area contributed by atoms with Crippen molar-refractivity contribution in [1.29, 1.82) is 0 Å². The minimum Gasteiger partial charge on any atom is -0.385 e. The van der Waals surface area contributed by atoms with Crippen LogP contribution in [0.25, 0.3) is 10.9 Å². The summed E-state index contributed by atoms with van der Waals surface area (Å²) in [5.74, 6) is 0.779. The van der Waals surface area contributed by atoms with Gasteiger partial charge in [-0.15, -0.1) is 0 Å². The minimum absolute atomic E-state index is 0.0598. The molecule has 0 radical (unpaired) electrons. The number of aromatic amines is 1. The zero-order chi connectivity index (χ0) is 21.3. The highest BCUT2D eigenvalue weighted by Crippen LogP contribution is 2.31. The van der Waals surface area contributed by atoms with E-state index in [4.69, 9.17) is 4.74 Å². The first-order valence-electron chi connectivity index (χ1n) is 10.6. The normalized spacial score (nSPS) is 16.3. The van der Waals surface area contributed by atoms with Gasteiger partial charge in [0, 0.05) is 61.3 Å². The lowest BCUT2D eigenvalue weighted by Gasteiger charge is -2.33. The zero-order valence-electron chi connectivity index (χ0n) is 17.9. The molecule has 1 aromatic carbocycles. The number of nitrogens with one attached hydrogen (secondary N) is 1. The number of amides is 1. The van der Waals surface area contributed by atoms with E-state index in [1.807, 2.05) is 23.1 Å². The molecule has 0 bridgehead atoms. The molecule has 1 fully saturated rings. The van der Waals surface area contributed by atoms with Gasteiger partial charge in [0.25, 0.3) is 5.91 Å². The van der Waals surface area contributed by atoms with Gasteiger partial charge in [0.2, 0.25) is 0 Å². The maximum absolute atomic E-state index is 13.1. The van der Waals surface area contributed by atoms with Crippen molar-refractivity contribution in [3.63, 3.8) is 0 Å². The number of rotatable bonds is 6. The molecule has 1 amide bonds. The van der Waals surface area contributed by atoms with Gasteiger partial charge in [-0.05, 0) is 56.4 Å². The van der Waals surface area contributed by atoms with Crippen LogP contribution in [0, 0.1) is 19.8 Å². The summed E-state index contributed by atoms with van der Waals surface area (Å²) in [6.07, 6.45) is 4.30. The van der Waals surface area contributed by atoms with Crippen LogP contribution >= 0.6 is 0 Å². The molecular weight excluding hydrogens is 380 g/mol. The third-order valence-corrected chi connectivity index (χ3v) is 6.48. The number of aromatic nitrogens is 3. The molecule has 30 heavy (non-hydrogen) atoms. The molecule has 0 unspecified atom stereocenters. The Hall–Kier alpha value is -2.64. The van der Waals surface area contributed by atoms with E-state index in [0.29, 0.717) is 25.5 Å². The number of carbonyl (C=O) groups is 1. The van der Waals surface area contributed by atoms with Gasteiger partial charge < -0.3 is 24.3 Å². The van der Waals surface area contributed by atoms with E-state index >= 15 is 0 Å². The second kappa shape index (κ2) is 8.62. The van der Waals surface area contributed by atoms with Crippen molar-refractivity contribution in [3.05, 3.63) is 53.2 Å². The van der Waals surface area contributed by atoms with E-state index in [1.54, 1.807) is 19.5 Å². The average Bonchev–Trinajstić information content (AvgIpc) is 3.39. The van der Waals surface area contributed by atoms with Crippen LogP contribution in [0.4, 0.5) is 0 Å². The van der Waals surface area contributed by atoms with Gasteiger partial charge in [-0.3, -0.25) is 4.79 Å². The summed E-state index contributed by atoms with van der Waals surface area (Å²) in [5, 5.41) is 11.6. The second-order valence-corrected chi connectivity index (χ2v) is 8.14. The first-order chi connectivity index (χ1) is 14.5. The molecule has 7 nitrogen and oxygen atoms in total. The average molecular weight is 411 g/mol. The lowest BCUT2D eigenvalue weighted by Crippen LogP contribution is -2.39. The SMILES string of the molecule is COCCn1c(C)c(C)c2cc(C(=O)N3CCC([C@@H](O)c4ncc[nH]4)CC3)ccc21. The molecule has 4 rings (SSSR count). The Morgan fingerprint density at radius 1 is 1.33 bits per heavy atom. The molecule has 3 heterocycles. The largest absolute Gasteiger partial charge is 0.385 e. The quantitative estimate of drug-likeness (QED) is 0.654. The number of carbonyl (C=O) groups excluding carboxylic acids is 1. The number of nitrogens with zero attached hydrogens (tertiary/aromatic N) is 3. The number of H-pyrrole nitrogens is 1. The van der Waals surface area contributed by atoms with Crippen LogP contribution in [-0.2, 0) is 11.3 Å². The molecule has 0 spiro atoms. The molecule has 0 saturated carbocycles. The maximum atomic E-state index is 13.1. The highest BCUT2D eigenvalue weighted by atomic mass is 16.5. The van der Waals surface area contributed by atoms with Gasteiger partial charge in [-0.25, -0.2) is 4.98 Å². The van der Waals surface area contributed by atoms with Gasteiger partial charge in [0.1, 0.15) is 11.9 Å². The first kappa shape index (κ1) is 20.6. The Labute approximate surface area is 176 Å². The van der Waals surface area contributed by atoms with E-state index in [1.165, 1.54) is 11.3 Å². The van der Waals surface area contributed by atoms with E-state index < -0.39 is 6.10 Å². The molecule has 1 aliphatic heterocycles. The van der Waals surface area contributed by atoms with Gasteiger partial charge in [-0.2, -0.15) is 0 Å². The number of hydrogen-bond donors (Lipinski definition) is 2. The summed E-state index contributed by atoms with van der Waals surface area (Å²) in [6.45, 7) is 6.96.